The molecule has 1 atom stereocenters. The number of carbonyl (C=O) groups is 2. The minimum absolute atomic E-state index is 0.0236. The molecule has 4 saturated carbocycles. The Hall–Kier alpha value is -1.62. The van der Waals surface area contributed by atoms with Crippen LogP contribution >= 0.6 is 0 Å². The van der Waals surface area contributed by atoms with Crippen molar-refractivity contribution in [2.45, 2.75) is 65.3 Å². The van der Waals surface area contributed by atoms with E-state index in [4.69, 9.17) is 4.74 Å². The molecule has 5 rings (SSSR count). The van der Waals surface area contributed by atoms with Crippen LogP contribution in [0.5, 0.6) is 0 Å². The molecule has 0 aliphatic heterocycles. The number of aromatic amines is 1. The molecule has 2 N–H and O–H groups in total. The highest BCUT2D eigenvalue weighted by Crippen LogP contribution is 2.59. The lowest BCUT2D eigenvalue weighted by molar-refractivity contribution is -0.0518. The Morgan fingerprint density at radius 2 is 1.70 bits per heavy atom. The first-order valence-corrected chi connectivity index (χ1v) is 10.4. The number of Topliss-reactive ketones (excluding diaryl/α,β-unsaturated/α-hetero) is 1. The normalized spacial score (nSPS) is 32.5. The van der Waals surface area contributed by atoms with E-state index >= 15 is 0 Å². The van der Waals surface area contributed by atoms with Crippen molar-refractivity contribution in [2.24, 2.45) is 23.2 Å². The summed E-state index contributed by atoms with van der Waals surface area (Å²) < 4.78 is 4.85. The van der Waals surface area contributed by atoms with Gasteiger partial charge in [0.25, 0.3) is 0 Å². The first kappa shape index (κ1) is 18.7. The van der Waals surface area contributed by atoms with Gasteiger partial charge in [0.05, 0.1) is 24.4 Å². The number of H-pyrrole nitrogens is 1. The summed E-state index contributed by atoms with van der Waals surface area (Å²) in [5.74, 6) is 2.38. The van der Waals surface area contributed by atoms with Gasteiger partial charge >= 0.3 is 5.97 Å². The van der Waals surface area contributed by atoms with Gasteiger partial charge in [-0.15, -0.1) is 0 Å². The van der Waals surface area contributed by atoms with E-state index in [1.54, 1.807) is 0 Å². The van der Waals surface area contributed by atoms with Crippen molar-refractivity contribution in [3.8, 4) is 0 Å². The Morgan fingerprint density at radius 1 is 1.15 bits per heavy atom. The zero-order valence-electron chi connectivity index (χ0n) is 17.0. The summed E-state index contributed by atoms with van der Waals surface area (Å²) in [6.07, 6.45) is 8.31. The lowest BCUT2D eigenvalue weighted by Gasteiger charge is -2.57. The molecule has 0 amide bonds. The van der Waals surface area contributed by atoms with Crippen LogP contribution in [0, 0.1) is 37.0 Å². The molecule has 5 heteroatoms. The third kappa shape index (κ3) is 3.24. The second kappa shape index (κ2) is 6.77. The number of hydrogen-bond acceptors (Lipinski definition) is 4. The predicted octanol–water partition coefficient (Wildman–Crippen LogP) is 3.80. The van der Waals surface area contributed by atoms with Gasteiger partial charge in [-0.1, -0.05) is 0 Å². The number of ketones is 1. The fraction of sp³-hybridized carbons (Fsp3) is 0.727. The molecule has 4 aliphatic rings. The Bertz CT molecular complexity index is 729. The molecule has 0 aromatic carbocycles. The molecule has 0 spiro atoms. The molecule has 4 fully saturated rings. The second-order valence-electron chi connectivity index (χ2n) is 9.50. The van der Waals surface area contributed by atoms with Gasteiger partial charge in [0.2, 0.25) is 0 Å². The highest BCUT2D eigenvalue weighted by Gasteiger charge is 2.50. The molecule has 4 aliphatic carbocycles. The van der Waals surface area contributed by atoms with Crippen LogP contribution in [0.3, 0.4) is 0 Å². The van der Waals surface area contributed by atoms with Gasteiger partial charge in [0.1, 0.15) is 0 Å². The number of carbonyl (C=O) groups excluding carboxylic acids is 2. The van der Waals surface area contributed by atoms with Gasteiger partial charge in [-0.2, -0.15) is 0 Å². The molecule has 5 nitrogen and oxygen atoms in total. The number of aromatic nitrogens is 1. The SMILES string of the molecule is COC(=O)c1c(C)[nH]c(C(=O)[C@@H](C)NCC23CC4CC(CC(C4)C2)C3)c1C. The van der Waals surface area contributed by atoms with E-state index in [1.165, 1.54) is 45.6 Å². The molecule has 27 heavy (non-hydrogen) atoms. The zero-order chi connectivity index (χ0) is 19.3. The van der Waals surface area contributed by atoms with Gasteiger partial charge in [0, 0.05) is 12.2 Å². The van der Waals surface area contributed by atoms with Gasteiger partial charge in [0.15, 0.2) is 5.78 Å². The third-order valence-corrected chi connectivity index (χ3v) is 7.42. The van der Waals surface area contributed by atoms with Crippen molar-refractivity contribution in [3.63, 3.8) is 0 Å². The summed E-state index contributed by atoms with van der Waals surface area (Å²) in [5.41, 5.74) is 2.79. The smallest absolute Gasteiger partial charge is 0.339 e. The number of methoxy groups -OCH3 is 1. The molecule has 0 unspecified atom stereocenters. The van der Waals surface area contributed by atoms with Crippen LogP contribution in [-0.2, 0) is 4.74 Å². The van der Waals surface area contributed by atoms with Crippen LogP contribution in [0.15, 0.2) is 0 Å². The summed E-state index contributed by atoms with van der Waals surface area (Å²) in [6.45, 7) is 6.50. The molecule has 4 bridgehead atoms. The lowest BCUT2D eigenvalue weighted by atomic mass is 9.49. The van der Waals surface area contributed by atoms with Crippen LogP contribution in [0.2, 0.25) is 0 Å². The second-order valence-corrected chi connectivity index (χ2v) is 9.50. The fourth-order valence-electron chi connectivity index (χ4n) is 6.59. The number of nitrogens with one attached hydrogen (secondary N) is 2. The van der Waals surface area contributed by atoms with Crippen molar-refractivity contribution >= 4 is 11.8 Å². The first-order valence-electron chi connectivity index (χ1n) is 10.4. The summed E-state index contributed by atoms with van der Waals surface area (Å²) in [4.78, 5) is 28.1. The lowest BCUT2D eigenvalue weighted by Crippen LogP contribution is -2.52. The highest BCUT2D eigenvalue weighted by molar-refractivity contribution is 6.03. The molecule has 148 valence electrons. The van der Waals surface area contributed by atoms with Crippen LogP contribution in [0.4, 0.5) is 0 Å². The van der Waals surface area contributed by atoms with E-state index in [9.17, 15) is 9.59 Å². The monoisotopic (exact) mass is 372 g/mol. The minimum Gasteiger partial charge on any atom is -0.465 e. The first-order chi connectivity index (χ1) is 12.8. The largest absolute Gasteiger partial charge is 0.465 e. The minimum atomic E-state index is -0.394. The Kier molecular flexibility index (Phi) is 4.69. The van der Waals surface area contributed by atoms with Crippen LogP contribution in [0.1, 0.15) is 77.6 Å². The molecular weight excluding hydrogens is 340 g/mol. The maximum absolute atomic E-state index is 13.0. The Morgan fingerprint density at radius 3 is 2.22 bits per heavy atom. The molecule has 0 radical (unpaired) electrons. The van der Waals surface area contributed by atoms with E-state index in [0.717, 1.165) is 24.3 Å². The third-order valence-electron chi connectivity index (χ3n) is 7.42. The van der Waals surface area contributed by atoms with E-state index in [2.05, 4.69) is 10.3 Å². The maximum atomic E-state index is 13.0. The topological polar surface area (TPSA) is 71.2 Å². The number of hydrogen-bond donors (Lipinski definition) is 2. The molecule has 1 heterocycles. The summed E-state index contributed by atoms with van der Waals surface area (Å²) in [5, 5.41) is 3.55. The predicted molar refractivity (Wildman–Crippen MR) is 104 cm³/mol. The number of ether oxygens (including phenoxy) is 1. The number of rotatable bonds is 6. The average molecular weight is 373 g/mol. The van der Waals surface area contributed by atoms with Crippen molar-refractivity contribution in [1.29, 1.82) is 0 Å². The standard InChI is InChI=1S/C22H32N2O3/c1-12-18(21(26)27-4)13(2)24-19(12)20(25)14(3)23-11-22-8-15-5-16(9-22)7-17(6-15)10-22/h14-17,23-24H,5-11H2,1-4H3/t14-,15?,16?,17?,22?/m1/s1. The zero-order valence-corrected chi connectivity index (χ0v) is 17.0. The van der Waals surface area contributed by atoms with Crippen molar-refractivity contribution < 1.29 is 14.3 Å². The van der Waals surface area contributed by atoms with E-state index in [-0.39, 0.29) is 11.8 Å². The van der Waals surface area contributed by atoms with Gasteiger partial charge in [-0.25, -0.2) is 4.79 Å². The van der Waals surface area contributed by atoms with Gasteiger partial charge in [-0.3, -0.25) is 4.79 Å². The number of esters is 1. The number of aryl methyl sites for hydroxylation is 1. The quantitative estimate of drug-likeness (QED) is 0.589. The summed E-state index contributed by atoms with van der Waals surface area (Å²) in [6, 6.07) is -0.264. The van der Waals surface area contributed by atoms with Gasteiger partial charge in [-0.05, 0) is 88.0 Å². The average Bonchev–Trinajstić information content (AvgIpc) is 2.91. The molecule has 0 saturated heterocycles. The molecule has 1 aromatic heterocycles. The van der Waals surface area contributed by atoms with Crippen LogP contribution < -0.4 is 5.32 Å². The van der Waals surface area contributed by atoms with Gasteiger partial charge < -0.3 is 15.0 Å². The van der Waals surface area contributed by atoms with E-state index in [0.29, 0.717) is 27.9 Å². The van der Waals surface area contributed by atoms with Crippen LogP contribution in [-0.4, -0.2) is 36.4 Å². The molecular formula is C22H32N2O3. The van der Waals surface area contributed by atoms with Crippen LogP contribution in [0.25, 0.3) is 0 Å². The van der Waals surface area contributed by atoms with E-state index < -0.39 is 5.97 Å². The van der Waals surface area contributed by atoms with Crippen molar-refractivity contribution in [1.82, 2.24) is 10.3 Å². The Labute approximate surface area is 161 Å². The van der Waals surface area contributed by atoms with Crippen molar-refractivity contribution in [3.05, 3.63) is 22.5 Å². The fourth-order valence-corrected chi connectivity index (χ4v) is 6.59. The summed E-state index contributed by atoms with van der Waals surface area (Å²) >= 11 is 0. The highest BCUT2D eigenvalue weighted by atomic mass is 16.5. The van der Waals surface area contributed by atoms with E-state index in [1.807, 2.05) is 20.8 Å². The summed E-state index contributed by atoms with van der Waals surface area (Å²) in [7, 11) is 1.37. The Balaban J connectivity index is 1.44. The maximum Gasteiger partial charge on any atom is 0.339 e. The molecule has 1 aromatic rings. The van der Waals surface area contributed by atoms with Crippen molar-refractivity contribution in [2.75, 3.05) is 13.7 Å².